The monoisotopic (exact) mass is 993 g/mol. The highest BCUT2D eigenvalue weighted by Crippen LogP contribution is 2.56. The molecule has 28 heteroatoms. The summed E-state index contributed by atoms with van der Waals surface area (Å²) in [4.78, 5) is 96.7. The van der Waals surface area contributed by atoms with Crippen LogP contribution in [0.1, 0.15) is 83.4 Å². The number of phosphoric acid groups is 3. The third kappa shape index (κ3) is 18.4. The molecular weight excluding hydrogens is 939 g/mol. The molecule has 0 saturated carbocycles. The molecular formula is C37H54N7O17P3S-4. The Morgan fingerprint density at radius 2 is 1.58 bits per heavy atom. The van der Waals surface area contributed by atoms with Crippen LogP contribution >= 0.6 is 35.2 Å². The molecule has 1 aromatic carbocycles. The van der Waals surface area contributed by atoms with Crippen molar-refractivity contribution in [2.24, 2.45) is 5.41 Å². The van der Waals surface area contributed by atoms with Gasteiger partial charge in [0, 0.05) is 37.1 Å². The summed E-state index contributed by atoms with van der Waals surface area (Å²) < 4.78 is 60.8. The number of aliphatic hydroxyl groups excluding tert-OH is 2. The molecule has 2 aromatic heterocycles. The fourth-order valence-electron chi connectivity index (χ4n) is 6.47. The normalized spacial score (nSPS) is 20.2. The number of hydrogen-bond donors (Lipinski definition) is 5. The standard InChI is InChI=1S/C37H58N7O17P3S/c1-37(2,32(48)35(49)40-18-17-27(45)39-19-20-65-28(46)16-12-7-5-3-4-6-9-13-25-14-10-8-11-15-25)22-58-64(55,56)61-63(53,54)57-21-26-31(60-62(50,51)52)30(47)36(59-26)44-24-43-29-33(38)41-23-42-34(29)44/h8,10-11,14-15,23-24,26,30-32,36,47-48H,3-7,9,12-13,16-22H2,1-2H3,(H,39,45)(H,40,49)(H,53,54)(H,55,56)(H2,38,41,42)(H2,50,51,52)/p-4/t26-,30-,31-,32+,36-/m1/s1. The Balaban J connectivity index is 1.10. The Kier molecular flexibility index (Phi) is 21.1. The zero-order valence-corrected chi connectivity index (χ0v) is 39.2. The van der Waals surface area contributed by atoms with Crippen LogP contribution in [0.25, 0.3) is 11.2 Å². The van der Waals surface area contributed by atoms with Gasteiger partial charge in [-0.3, -0.25) is 28.1 Å². The number of nitrogen functional groups attached to an aromatic ring is 1. The highest BCUT2D eigenvalue weighted by Gasteiger charge is 2.47. The number of rotatable bonds is 29. The van der Waals surface area contributed by atoms with Gasteiger partial charge in [0.15, 0.2) is 22.8 Å². The summed E-state index contributed by atoms with van der Waals surface area (Å²) in [7, 11) is -17.6. The van der Waals surface area contributed by atoms with Crippen LogP contribution in [0.5, 0.6) is 0 Å². The molecule has 7 atom stereocenters. The molecule has 0 spiro atoms. The second kappa shape index (κ2) is 25.2. The second-order valence-corrected chi connectivity index (χ2v) is 20.9. The number of hydrogen-bond acceptors (Lipinski definition) is 22. The highest BCUT2D eigenvalue weighted by molar-refractivity contribution is 8.13. The maximum atomic E-state index is 12.6. The molecule has 3 aromatic rings. The lowest BCUT2D eigenvalue weighted by Crippen LogP contribution is -2.46. The van der Waals surface area contributed by atoms with Gasteiger partial charge in [-0.2, -0.15) is 0 Å². The number of amides is 2. The van der Waals surface area contributed by atoms with Crippen LogP contribution in [0, 0.1) is 5.41 Å². The first-order valence-electron chi connectivity index (χ1n) is 20.6. The molecule has 6 N–H and O–H groups in total. The fourth-order valence-corrected chi connectivity index (χ4v) is 9.93. The number of nitrogens with zero attached hydrogens (tertiary/aromatic N) is 4. The quantitative estimate of drug-likeness (QED) is 0.0467. The van der Waals surface area contributed by atoms with Gasteiger partial charge in [-0.1, -0.05) is 88.0 Å². The zero-order valence-electron chi connectivity index (χ0n) is 35.7. The summed E-state index contributed by atoms with van der Waals surface area (Å²) in [6.45, 7) is 0.154. The first kappa shape index (κ1) is 54.4. The molecule has 1 fully saturated rings. The molecule has 1 aliphatic heterocycles. The van der Waals surface area contributed by atoms with Gasteiger partial charge in [0.05, 0.1) is 27.4 Å². The number of aromatic nitrogens is 4. The van der Waals surface area contributed by atoms with Crippen LogP contribution < -0.4 is 35.9 Å². The summed E-state index contributed by atoms with van der Waals surface area (Å²) in [6.07, 6.45) is 1.52. The maximum Gasteiger partial charge on any atom is 0.274 e. The van der Waals surface area contributed by atoms with E-state index >= 15 is 0 Å². The van der Waals surface area contributed by atoms with Crippen molar-refractivity contribution in [3.8, 4) is 0 Å². The first-order chi connectivity index (χ1) is 30.6. The van der Waals surface area contributed by atoms with Crippen LogP contribution in [0.3, 0.4) is 0 Å². The SMILES string of the molecule is CC(C)(COP(=O)([O-])OP(=O)([O-])OC[C@H]1O[C@@H](n2cnc3c(N)ncnc32)[C@H](O)[C@@H]1OP(=O)([O-])[O-])[C@@H](O)C(=O)NCCC(=O)NCCSC(=O)CCCCCCCCCc1ccccc1. The lowest BCUT2D eigenvalue weighted by Gasteiger charge is -2.36. The van der Waals surface area contributed by atoms with Gasteiger partial charge in [-0.25, -0.2) is 19.3 Å². The number of fused-ring (bicyclic) bond motifs is 1. The molecule has 2 amide bonds. The van der Waals surface area contributed by atoms with Crippen molar-refractivity contribution in [2.45, 2.75) is 109 Å². The summed E-state index contributed by atoms with van der Waals surface area (Å²) in [6, 6.07) is 10.4. The average molecular weight is 994 g/mol. The number of imidazole rings is 1. The molecule has 24 nitrogen and oxygen atoms in total. The number of carbonyl (C=O) groups excluding carboxylic acids is 3. The number of thioether (sulfide) groups is 1. The van der Waals surface area contributed by atoms with Gasteiger partial charge in [-0.05, 0) is 24.8 Å². The van der Waals surface area contributed by atoms with E-state index in [-0.39, 0.29) is 41.6 Å². The van der Waals surface area contributed by atoms with Gasteiger partial charge >= 0.3 is 0 Å². The largest absolute Gasteiger partial charge is 0.790 e. The van der Waals surface area contributed by atoms with Crippen LogP contribution in [0.2, 0.25) is 0 Å². The molecule has 1 aliphatic rings. The molecule has 0 bridgehead atoms. The Morgan fingerprint density at radius 3 is 2.28 bits per heavy atom. The van der Waals surface area contributed by atoms with Crippen molar-refractivity contribution in [2.75, 3.05) is 37.8 Å². The number of anilines is 1. The number of ether oxygens (including phenoxy) is 1. The Hall–Kier alpha value is -3.22. The molecule has 3 heterocycles. The number of benzene rings is 1. The number of aliphatic hydroxyl groups is 2. The molecule has 1 saturated heterocycles. The summed E-state index contributed by atoms with van der Waals surface area (Å²) >= 11 is 1.13. The van der Waals surface area contributed by atoms with Crippen molar-refractivity contribution in [3.05, 3.63) is 48.5 Å². The van der Waals surface area contributed by atoms with Gasteiger partial charge < -0.3 is 69.0 Å². The molecule has 0 radical (unpaired) electrons. The predicted molar refractivity (Wildman–Crippen MR) is 225 cm³/mol. The number of aryl methyl sites for hydroxylation is 1. The number of nitrogens with one attached hydrogen (secondary N) is 2. The molecule has 0 aliphatic carbocycles. The van der Waals surface area contributed by atoms with E-state index in [1.807, 2.05) is 6.07 Å². The minimum absolute atomic E-state index is 0.0198. The Bertz CT molecular complexity index is 2170. The van der Waals surface area contributed by atoms with E-state index in [0.29, 0.717) is 12.2 Å². The number of unbranched alkanes of at least 4 members (excludes halogenated alkanes) is 6. The summed E-state index contributed by atoms with van der Waals surface area (Å²) in [5.41, 5.74) is 5.44. The fraction of sp³-hybridized carbons (Fsp3) is 0.622. The number of carbonyl (C=O) groups is 3. The van der Waals surface area contributed by atoms with E-state index in [0.717, 1.165) is 61.1 Å². The van der Waals surface area contributed by atoms with Crippen LogP contribution in [0.4, 0.5) is 5.82 Å². The highest BCUT2D eigenvalue weighted by atomic mass is 32.2. The van der Waals surface area contributed by atoms with E-state index in [4.69, 9.17) is 10.5 Å². The smallest absolute Gasteiger partial charge is 0.274 e. The van der Waals surface area contributed by atoms with E-state index in [1.54, 1.807) is 0 Å². The van der Waals surface area contributed by atoms with Crippen LogP contribution in [-0.4, -0.2) is 103 Å². The lowest BCUT2D eigenvalue weighted by molar-refractivity contribution is -0.347. The van der Waals surface area contributed by atoms with E-state index < -0.39 is 84.6 Å². The second-order valence-electron chi connectivity index (χ2n) is 15.7. The molecule has 364 valence electrons. The van der Waals surface area contributed by atoms with E-state index in [1.165, 1.54) is 38.7 Å². The van der Waals surface area contributed by atoms with Crippen LogP contribution in [0.15, 0.2) is 43.0 Å². The minimum atomic E-state index is -5.92. The molecule has 4 rings (SSSR count). The average Bonchev–Trinajstić information content (AvgIpc) is 3.80. The predicted octanol–water partition coefficient (Wildman–Crippen LogP) is 0.500. The molecule has 2 unspecified atom stereocenters. The summed E-state index contributed by atoms with van der Waals surface area (Å²) in [5, 5.41) is 26.4. The zero-order chi connectivity index (χ0) is 47.8. The number of phosphoric ester groups is 3. The van der Waals surface area contributed by atoms with Crippen molar-refractivity contribution in [3.63, 3.8) is 0 Å². The van der Waals surface area contributed by atoms with Crippen molar-refractivity contribution >= 4 is 69.1 Å². The Morgan fingerprint density at radius 1 is 0.923 bits per heavy atom. The van der Waals surface area contributed by atoms with Gasteiger partial charge in [-0.15, -0.1) is 0 Å². The topological polar surface area (TPSA) is 375 Å². The Labute approximate surface area is 379 Å². The lowest BCUT2D eigenvalue weighted by atomic mass is 9.87. The number of nitrogens with two attached hydrogens (primary N) is 1. The molecule has 65 heavy (non-hydrogen) atoms. The third-order valence-electron chi connectivity index (χ3n) is 9.93. The van der Waals surface area contributed by atoms with Crippen molar-refractivity contribution < 1.29 is 80.5 Å². The van der Waals surface area contributed by atoms with Gasteiger partial charge in [0.1, 0.15) is 36.3 Å². The van der Waals surface area contributed by atoms with E-state index in [2.05, 4.69) is 67.7 Å². The van der Waals surface area contributed by atoms with Crippen LogP contribution in [-0.2, 0) is 57.1 Å². The van der Waals surface area contributed by atoms with Crippen molar-refractivity contribution in [1.82, 2.24) is 30.2 Å². The van der Waals surface area contributed by atoms with Gasteiger partial charge in [0.25, 0.3) is 15.6 Å². The maximum absolute atomic E-state index is 12.6. The van der Waals surface area contributed by atoms with Gasteiger partial charge in [0.2, 0.25) is 11.8 Å². The first-order valence-corrected chi connectivity index (χ1v) is 26.0. The van der Waals surface area contributed by atoms with E-state index in [9.17, 15) is 57.9 Å². The third-order valence-corrected chi connectivity index (χ3v) is 13.9. The minimum Gasteiger partial charge on any atom is -0.790 e. The summed E-state index contributed by atoms with van der Waals surface area (Å²) in [5.74, 6) is -1.15. The van der Waals surface area contributed by atoms with Crippen molar-refractivity contribution in [1.29, 1.82) is 0 Å².